The van der Waals surface area contributed by atoms with Crippen molar-refractivity contribution in [2.45, 2.75) is 26.2 Å². The van der Waals surface area contributed by atoms with Crippen molar-refractivity contribution in [1.29, 1.82) is 0 Å². The van der Waals surface area contributed by atoms with Gasteiger partial charge in [-0.3, -0.25) is 4.79 Å². The van der Waals surface area contributed by atoms with Gasteiger partial charge >= 0.3 is 0 Å². The van der Waals surface area contributed by atoms with Gasteiger partial charge in [0.25, 0.3) is 0 Å². The third-order valence-electron chi connectivity index (χ3n) is 4.32. The van der Waals surface area contributed by atoms with Crippen LogP contribution in [0.4, 0.5) is 11.4 Å². The van der Waals surface area contributed by atoms with Crippen LogP contribution in [0.3, 0.4) is 0 Å². The number of carbonyl (C=O) groups excluding carboxylic acids is 1. The minimum atomic E-state index is 0.161. The third kappa shape index (κ3) is 1.92. The molecule has 3 rings (SSSR count). The highest BCUT2D eigenvalue weighted by Gasteiger charge is 2.56. The van der Waals surface area contributed by atoms with Crippen LogP contribution in [0.2, 0.25) is 0 Å². The van der Waals surface area contributed by atoms with Gasteiger partial charge in [-0.2, -0.15) is 0 Å². The second-order valence-electron chi connectivity index (χ2n) is 5.46. The van der Waals surface area contributed by atoms with Crippen LogP contribution in [0.15, 0.2) is 16.6 Å². The summed E-state index contributed by atoms with van der Waals surface area (Å²) in [4.78, 5) is 12.2. The highest BCUT2D eigenvalue weighted by atomic mass is 79.9. The van der Waals surface area contributed by atoms with Crippen molar-refractivity contribution in [2.75, 3.05) is 11.1 Å². The number of rotatable bonds is 2. The van der Waals surface area contributed by atoms with Gasteiger partial charge in [-0.1, -0.05) is 6.42 Å². The van der Waals surface area contributed by atoms with E-state index >= 15 is 0 Å². The summed E-state index contributed by atoms with van der Waals surface area (Å²) in [6.07, 6.45) is 3.74. The fourth-order valence-electron chi connectivity index (χ4n) is 3.21. The zero-order chi connectivity index (χ0) is 12.9. The number of halogens is 1. The Hall–Kier alpha value is -1.03. The third-order valence-corrected chi connectivity index (χ3v) is 4.98. The molecule has 0 aliphatic heterocycles. The lowest BCUT2D eigenvalue weighted by atomic mass is 10.1. The van der Waals surface area contributed by atoms with Gasteiger partial charge in [0, 0.05) is 16.1 Å². The van der Waals surface area contributed by atoms with Crippen LogP contribution in [0.1, 0.15) is 24.8 Å². The van der Waals surface area contributed by atoms with Gasteiger partial charge in [-0.25, -0.2) is 0 Å². The van der Waals surface area contributed by atoms with Crippen LogP contribution in [-0.2, 0) is 4.79 Å². The van der Waals surface area contributed by atoms with Crippen molar-refractivity contribution >= 4 is 33.2 Å². The largest absolute Gasteiger partial charge is 0.398 e. The average Bonchev–Trinajstić information content (AvgIpc) is 2.80. The number of hydrogen-bond donors (Lipinski definition) is 2. The van der Waals surface area contributed by atoms with Crippen molar-refractivity contribution in [3.8, 4) is 0 Å². The lowest BCUT2D eigenvalue weighted by Crippen LogP contribution is -2.17. The molecule has 0 spiro atoms. The van der Waals surface area contributed by atoms with Crippen molar-refractivity contribution in [1.82, 2.24) is 0 Å². The molecule has 1 aromatic rings. The first-order chi connectivity index (χ1) is 8.58. The van der Waals surface area contributed by atoms with E-state index in [9.17, 15) is 4.79 Å². The quantitative estimate of drug-likeness (QED) is 0.823. The summed E-state index contributed by atoms with van der Waals surface area (Å²) < 4.78 is 0.897. The highest BCUT2D eigenvalue weighted by Crippen LogP contribution is 2.57. The summed E-state index contributed by atoms with van der Waals surface area (Å²) in [6.45, 7) is 1.96. The molecule has 2 aliphatic rings. The molecular weight excluding hydrogens is 292 g/mol. The van der Waals surface area contributed by atoms with Crippen LogP contribution in [0, 0.1) is 24.7 Å². The normalized spacial score (nSPS) is 28.9. The average molecular weight is 309 g/mol. The molecule has 96 valence electrons. The Balaban J connectivity index is 1.73. The number of fused-ring (bicyclic) bond motifs is 1. The number of amides is 1. The summed E-state index contributed by atoms with van der Waals surface area (Å²) in [5.74, 6) is 1.69. The van der Waals surface area contributed by atoms with E-state index in [2.05, 4.69) is 21.2 Å². The first-order valence-electron chi connectivity index (χ1n) is 6.44. The van der Waals surface area contributed by atoms with Crippen molar-refractivity contribution in [3.63, 3.8) is 0 Å². The monoisotopic (exact) mass is 308 g/mol. The van der Waals surface area contributed by atoms with Crippen LogP contribution in [-0.4, -0.2) is 5.91 Å². The number of benzene rings is 1. The van der Waals surface area contributed by atoms with Gasteiger partial charge in [0.15, 0.2) is 0 Å². The number of nitrogens with one attached hydrogen (secondary N) is 1. The molecule has 1 amide bonds. The Morgan fingerprint density at radius 1 is 1.39 bits per heavy atom. The minimum absolute atomic E-state index is 0.161. The molecule has 0 radical (unpaired) electrons. The van der Waals surface area contributed by atoms with Crippen LogP contribution in [0.5, 0.6) is 0 Å². The molecule has 2 atom stereocenters. The standard InChI is InChI=1S/C14H17BrN2O/c1-7-5-10(15)12(6-11(7)16)17-14(18)13-8-3-2-4-9(8)13/h5-6,8-9,13H,2-4,16H2,1H3,(H,17,18). The lowest BCUT2D eigenvalue weighted by molar-refractivity contribution is -0.118. The van der Waals surface area contributed by atoms with Crippen molar-refractivity contribution in [2.24, 2.45) is 17.8 Å². The molecular formula is C14H17BrN2O. The molecule has 18 heavy (non-hydrogen) atoms. The van der Waals surface area contributed by atoms with Crippen LogP contribution < -0.4 is 11.1 Å². The van der Waals surface area contributed by atoms with Gasteiger partial charge in [-0.05, 0) is 65.2 Å². The van der Waals surface area contributed by atoms with E-state index in [0.29, 0.717) is 17.5 Å². The maximum Gasteiger partial charge on any atom is 0.228 e. The number of aryl methyl sites for hydroxylation is 1. The van der Waals surface area contributed by atoms with E-state index in [1.54, 1.807) is 0 Å². The number of hydrogen-bond acceptors (Lipinski definition) is 2. The molecule has 0 aromatic heterocycles. The van der Waals surface area contributed by atoms with E-state index < -0.39 is 0 Å². The summed E-state index contributed by atoms with van der Waals surface area (Å²) in [6, 6.07) is 3.77. The highest BCUT2D eigenvalue weighted by molar-refractivity contribution is 9.10. The molecule has 3 N–H and O–H groups in total. The minimum Gasteiger partial charge on any atom is -0.398 e. The smallest absolute Gasteiger partial charge is 0.228 e. The summed E-state index contributed by atoms with van der Waals surface area (Å²) >= 11 is 3.47. The molecule has 2 aliphatic carbocycles. The Kier molecular flexibility index (Phi) is 2.85. The molecule has 2 fully saturated rings. The SMILES string of the molecule is Cc1cc(Br)c(NC(=O)C2C3CCCC32)cc1N. The zero-order valence-corrected chi connectivity index (χ0v) is 12.0. The fraction of sp³-hybridized carbons (Fsp3) is 0.500. The van der Waals surface area contributed by atoms with E-state index in [-0.39, 0.29) is 11.8 Å². The van der Waals surface area contributed by atoms with E-state index in [1.165, 1.54) is 19.3 Å². The van der Waals surface area contributed by atoms with Gasteiger partial charge in [-0.15, -0.1) is 0 Å². The first kappa shape index (κ1) is 12.0. The molecule has 4 heteroatoms. The van der Waals surface area contributed by atoms with Crippen LogP contribution in [0.25, 0.3) is 0 Å². The summed E-state index contributed by atoms with van der Waals surface area (Å²) in [7, 11) is 0. The fourth-order valence-corrected chi connectivity index (χ4v) is 3.77. The second kappa shape index (κ2) is 4.26. The number of carbonyl (C=O) groups is 1. The zero-order valence-electron chi connectivity index (χ0n) is 10.4. The van der Waals surface area contributed by atoms with Gasteiger partial charge in [0.1, 0.15) is 0 Å². The molecule has 0 bridgehead atoms. The van der Waals surface area contributed by atoms with Crippen LogP contribution >= 0.6 is 15.9 Å². The van der Waals surface area contributed by atoms with Crippen molar-refractivity contribution < 1.29 is 4.79 Å². The molecule has 3 nitrogen and oxygen atoms in total. The maximum atomic E-state index is 12.2. The second-order valence-corrected chi connectivity index (χ2v) is 6.32. The Morgan fingerprint density at radius 3 is 2.72 bits per heavy atom. The molecule has 1 aromatic carbocycles. The predicted molar refractivity (Wildman–Crippen MR) is 76.2 cm³/mol. The molecule has 0 heterocycles. The Morgan fingerprint density at radius 2 is 2.06 bits per heavy atom. The number of nitrogen functional groups attached to an aromatic ring is 1. The first-order valence-corrected chi connectivity index (χ1v) is 7.23. The number of anilines is 2. The van der Waals surface area contributed by atoms with Gasteiger partial charge in [0.05, 0.1) is 5.69 Å². The molecule has 2 unspecified atom stereocenters. The van der Waals surface area contributed by atoms with E-state index in [1.807, 2.05) is 19.1 Å². The predicted octanol–water partition coefficient (Wildman–Crippen LogP) is 3.32. The number of nitrogens with two attached hydrogens (primary N) is 1. The maximum absolute atomic E-state index is 12.2. The lowest BCUT2D eigenvalue weighted by Gasteiger charge is -2.11. The summed E-state index contributed by atoms with van der Waals surface area (Å²) in [5.41, 5.74) is 8.39. The van der Waals surface area contributed by atoms with Gasteiger partial charge < -0.3 is 11.1 Å². The van der Waals surface area contributed by atoms with Gasteiger partial charge in [0.2, 0.25) is 5.91 Å². The van der Waals surface area contributed by atoms with Crippen molar-refractivity contribution in [3.05, 3.63) is 22.2 Å². The Labute approximate surface area is 115 Å². The van der Waals surface area contributed by atoms with E-state index in [0.717, 1.165) is 15.7 Å². The molecule has 2 saturated carbocycles. The molecule has 0 saturated heterocycles. The summed E-state index contributed by atoms with van der Waals surface area (Å²) in [5, 5.41) is 3.00. The topological polar surface area (TPSA) is 55.1 Å². The Bertz CT molecular complexity index is 505. The van der Waals surface area contributed by atoms with E-state index in [4.69, 9.17) is 5.73 Å².